The maximum absolute atomic E-state index is 13.1. The molecule has 0 radical (unpaired) electrons. The van der Waals surface area contributed by atoms with E-state index in [1.165, 1.54) is 25.1 Å². The summed E-state index contributed by atoms with van der Waals surface area (Å²) in [5, 5.41) is 2.68. The van der Waals surface area contributed by atoms with Gasteiger partial charge in [-0.15, -0.1) is 0 Å². The van der Waals surface area contributed by atoms with E-state index in [1.807, 2.05) is 0 Å². The van der Waals surface area contributed by atoms with Crippen molar-refractivity contribution in [3.8, 4) is 0 Å². The van der Waals surface area contributed by atoms with Crippen LogP contribution in [-0.2, 0) is 20.9 Å². The number of ether oxygens (including phenoxy) is 1. The normalized spacial score (nSPS) is 16.2. The molecule has 1 amide bonds. The van der Waals surface area contributed by atoms with Crippen molar-refractivity contribution in [1.29, 1.82) is 0 Å². The van der Waals surface area contributed by atoms with Gasteiger partial charge in [-0.1, -0.05) is 12.8 Å². The van der Waals surface area contributed by atoms with E-state index in [9.17, 15) is 14.0 Å². The molecule has 1 aromatic carbocycles. The number of esters is 1. The zero-order chi connectivity index (χ0) is 17.1. The second-order valence-electron chi connectivity index (χ2n) is 6.05. The number of aromatic nitrogens is 1. The van der Waals surface area contributed by atoms with Crippen molar-refractivity contribution in [3.05, 3.63) is 29.9 Å². The van der Waals surface area contributed by atoms with E-state index in [0.717, 1.165) is 25.7 Å². The highest BCUT2D eigenvalue weighted by Crippen LogP contribution is 2.28. The van der Waals surface area contributed by atoms with Crippen molar-refractivity contribution in [2.45, 2.75) is 45.3 Å². The Morgan fingerprint density at radius 2 is 2.17 bits per heavy atom. The van der Waals surface area contributed by atoms with E-state index in [4.69, 9.17) is 9.15 Å². The number of oxazole rings is 1. The minimum Gasteiger partial charge on any atom is -0.454 e. The first kappa shape index (κ1) is 16.4. The van der Waals surface area contributed by atoms with Crippen LogP contribution in [0, 0.1) is 11.7 Å². The lowest BCUT2D eigenvalue weighted by Gasteiger charge is -2.22. The molecule has 128 valence electrons. The van der Waals surface area contributed by atoms with Gasteiger partial charge in [-0.05, 0) is 30.9 Å². The molecule has 0 saturated heterocycles. The third kappa shape index (κ3) is 3.72. The number of hydrogen-bond acceptors (Lipinski definition) is 5. The van der Waals surface area contributed by atoms with Gasteiger partial charge in [0.15, 0.2) is 12.2 Å². The number of nitrogens with zero attached hydrogens (tertiary/aromatic N) is 1. The fourth-order valence-electron chi connectivity index (χ4n) is 3.11. The van der Waals surface area contributed by atoms with Crippen molar-refractivity contribution < 1.29 is 23.1 Å². The van der Waals surface area contributed by atoms with Gasteiger partial charge in [0.05, 0.1) is 0 Å². The predicted molar refractivity (Wildman–Crippen MR) is 83.3 cm³/mol. The van der Waals surface area contributed by atoms with Crippen LogP contribution in [0.15, 0.2) is 22.6 Å². The van der Waals surface area contributed by atoms with Crippen LogP contribution in [-0.4, -0.2) is 22.9 Å². The summed E-state index contributed by atoms with van der Waals surface area (Å²) in [6.07, 6.45) is 3.87. The van der Waals surface area contributed by atoms with Crippen LogP contribution in [0.2, 0.25) is 0 Å². The summed E-state index contributed by atoms with van der Waals surface area (Å²) in [5.74, 6) is -0.892. The minimum absolute atomic E-state index is 0.0964. The van der Waals surface area contributed by atoms with Crippen LogP contribution < -0.4 is 5.32 Å². The second-order valence-corrected chi connectivity index (χ2v) is 6.05. The number of benzene rings is 1. The Morgan fingerprint density at radius 3 is 2.88 bits per heavy atom. The molecule has 1 fully saturated rings. The average molecular weight is 334 g/mol. The summed E-state index contributed by atoms with van der Waals surface area (Å²) in [6.45, 7) is 1.22. The molecule has 1 atom stereocenters. The molecule has 0 aliphatic heterocycles. The summed E-state index contributed by atoms with van der Waals surface area (Å²) < 4.78 is 23.8. The van der Waals surface area contributed by atoms with E-state index in [0.29, 0.717) is 11.1 Å². The molecule has 24 heavy (non-hydrogen) atoms. The molecule has 3 rings (SSSR count). The fourth-order valence-corrected chi connectivity index (χ4v) is 3.11. The van der Waals surface area contributed by atoms with Crippen molar-refractivity contribution in [3.63, 3.8) is 0 Å². The molecule has 1 aromatic heterocycles. The summed E-state index contributed by atoms with van der Waals surface area (Å²) in [7, 11) is 0. The quantitative estimate of drug-likeness (QED) is 0.850. The summed E-state index contributed by atoms with van der Waals surface area (Å²) in [5.41, 5.74) is 0.798. The van der Waals surface area contributed by atoms with Gasteiger partial charge in [0.2, 0.25) is 11.8 Å². The molecule has 7 heteroatoms. The lowest BCUT2D eigenvalue weighted by Crippen LogP contribution is -2.45. The third-order valence-electron chi connectivity index (χ3n) is 4.22. The molecule has 1 N–H and O–H groups in total. The highest BCUT2D eigenvalue weighted by atomic mass is 19.1. The molecule has 1 aliphatic rings. The molecule has 0 unspecified atom stereocenters. The topological polar surface area (TPSA) is 81.4 Å². The molecule has 0 bridgehead atoms. The van der Waals surface area contributed by atoms with E-state index in [2.05, 4.69) is 10.3 Å². The largest absolute Gasteiger partial charge is 0.454 e. The summed E-state index contributed by atoms with van der Waals surface area (Å²) in [6, 6.07) is 3.37. The standard InChI is InChI=1S/C17H19FN2O4/c1-10(21)19-16(11-4-2-3-5-11)17(22)23-9-15-20-13-7-6-12(18)8-14(13)24-15/h6-8,11,16H,2-5,9H2,1H3,(H,19,21)/t16-/m0/s1. The second kappa shape index (κ2) is 6.98. The molecule has 2 aromatic rings. The van der Waals surface area contributed by atoms with Crippen LogP contribution in [0.25, 0.3) is 11.1 Å². The van der Waals surface area contributed by atoms with E-state index >= 15 is 0 Å². The predicted octanol–water partition coefficient (Wildman–Crippen LogP) is 2.71. The number of carbonyl (C=O) groups is 2. The van der Waals surface area contributed by atoms with Gasteiger partial charge in [-0.3, -0.25) is 4.79 Å². The van der Waals surface area contributed by atoms with Crippen LogP contribution in [0.1, 0.15) is 38.5 Å². The van der Waals surface area contributed by atoms with E-state index < -0.39 is 17.8 Å². The lowest BCUT2D eigenvalue weighted by atomic mass is 9.98. The first-order chi connectivity index (χ1) is 11.5. The van der Waals surface area contributed by atoms with Crippen LogP contribution >= 0.6 is 0 Å². The van der Waals surface area contributed by atoms with E-state index in [-0.39, 0.29) is 24.3 Å². The van der Waals surface area contributed by atoms with Gasteiger partial charge in [-0.25, -0.2) is 14.2 Å². The highest BCUT2D eigenvalue weighted by Gasteiger charge is 2.32. The number of nitrogens with one attached hydrogen (secondary N) is 1. The average Bonchev–Trinajstić information content (AvgIpc) is 3.18. The Bertz CT molecular complexity index is 752. The van der Waals surface area contributed by atoms with Gasteiger partial charge in [0.25, 0.3) is 0 Å². The highest BCUT2D eigenvalue weighted by molar-refractivity contribution is 5.83. The molecule has 1 saturated carbocycles. The Labute approximate surface area is 138 Å². The molecular formula is C17H19FN2O4. The first-order valence-corrected chi connectivity index (χ1v) is 8.01. The lowest BCUT2D eigenvalue weighted by molar-refractivity contribution is -0.151. The van der Waals surface area contributed by atoms with Crippen molar-refractivity contribution >= 4 is 23.0 Å². The van der Waals surface area contributed by atoms with Crippen LogP contribution in [0.3, 0.4) is 0 Å². The van der Waals surface area contributed by atoms with E-state index in [1.54, 1.807) is 0 Å². The zero-order valence-corrected chi connectivity index (χ0v) is 13.4. The van der Waals surface area contributed by atoms with Crippen molar-refractivity contribution in [2.24, 2.45) is 5.92 Å². The number of rotatable bonds is 5. The zero-order valence-electron chi connectivity index (χ0n) is 13.4. The number of fused-ring (bicyclic) bond motifs is 1. The Kier molecular flexibility index (Phi) is 4.78. The molecular weight excluding hydrogens is 315 g/mol. The third-order valence-corrected chi connectivity index (χ3v) is 4.22. The molecule has 1 aliphatic carbocycles. The van der Waals surface area contributed by atoms with Gasteiger partial charge >= 0.3 is 5.97 Å². The maximum Gasteiger partial charge on any atom is 0.329 e. The van der Waals surface area contributed by atoms with Gasteiger partial charge in [-0.2, -0.15) is 0 Å². The smallest absolute Gasteiger partial charge is 0.329 e. The number of hydrogen-bond donors (Lipinski definition) is 1. The maximum atomic E-state index is 13.1. The number of halogens is 1. The Balaban J connectivity index is 1.66. The van der Waals surface area contributed by atoms with Crippen LogP contribution in [0.4, 0.5) is 4.39 Å². The molecule has 1 heterocycles. The van der Waals surface area contributed by atoms with Crippen LogP contribution in [0.5, 0.6) is 0 Å². The van der Waals surface area contributed by atoms with Gasteiger partial charge < -0.3 is 14.5 Å². The molecule has 0 spiro atoms. The molecule has 6 nitrogen and oxygen atoms in total. The fraction of sp³-hybridized carbons (Fsp3) is 0.471. The number of carbonyl (C=O) groups excluding carboxylic acids is 2. The first-order valence-electron chi connectivity index (χ1n) is 8.01. The summed E-state index contributed by atoms with van der Waals surface area (Å²) >= 11 is 0. The Morgan fingerprint density at radius 1 is 1.42 bits per heavy atom. The SMILES string of the molecule is CC(=O)N[C@H](C(=O)OCc1nc2ccc(F)cc2o1)C1CCCC1. The monoisotopic (exact) mass is 334 g/mol. The number of amides is 1. The van der Waals surface area contributed by atoms with Gasteiger partial charge in [0.1, 0.15) is 17.4 Å². The van der Waals surface area contributed by atoms with Crippen molar-refractivity contribution in [1.82, 2.24) is 10.3 Å². The van der Waals surface area contributed by atoms with Gasteiger partial charge in [0, 0.05) is 13.0 Å². The minimum atomic E-state index is -0.646. The summed E-state index contributed by atoms with van der Waals surface area (Å²) in [4.78, 5) is 27.8. The Hall–Kier alpha value is -2.44. The van der Waals surface area contributed by atoms with Crippen molar-refractivity contribution in [2.75, 3.05) is 0 Å².